The number of rotatable bonds is 5. The fraction of sp³-hybridized carbons (Fsp3) is 0.211. The number of aromatic amines is 1. The van der Waals surface area contributed by atoms with Crippen LogP contribution >= 0.6 is 11.8 Å². The Bertz CT molecular complexity index is 887. The molecule has 3 aromatic rings. The molecule has 0 saturated carbocycles. The highest BCUT2D eigenvalue weighted by molar-refractivity contribution is 8.00. The smallest absolute Gasteiger partial charge is 0.349 e. The minimum atomic E-state index is -3.45. The molecule has 0 fully saturated rings. The summed E-state index contributed by atoms with van der Waals surface area (Å²) in [7, 11) is 0. The predicted molar refractivity (Wildman–Crippen MR) is 92.5 cm³/mol. The number of imidazole rings is 1. The van der Waals surface area contributed by atoms with Gasteiger partial charge in [0, 0.05) is 29.0 Å². The van der Waals surface area contributed by atoms with Crippen molar-refractivity contribution in [1.29, 1.82) is 0 Å². The summed E-state index contributed by atoms with van der Waals surface area (Å²) < 4.78 is 48.3. The number of benzene rings is 2. The van der Waals surface area contributed by atoms with Crippen LogP contribution in [-0.2, 0) is 17.3 Å². The third-order valence-corrected chi connectivity index (χ3v) is 5.56. The molecule has 1 aliphatic rings. The number of nitrogens with one attached hydrogen (secondary N) is 1. The second kappa shape index (κ2) is 6.81. The van der Waals surface area contributed by atoms with Crippen molar-refractivity contribution in [1.82, 2.24) is 9.97 Å². The van der Waals surface area contributed by atoms with Gasteiger partial charge in [0.25, 0.3) is 0 Å². The SMILES string of the molecule is Fc1ccc2c(c1)S[C@@H](Cc1ncc[nH]1)[C@H]2OC(F)(F)c1ccccc1. The van der Waals surface area contributed by atoms with Crippen molar-refractivity contribution in [2.45, 2.75) is 28.8 Å². The first kappa shape index (κ1) is 17.2. The van der Waals surface area contributed by atoms with Crippen LogP contribution < -0.4 is 0 Å². The van der Waals surface area contributed by atoms with Gasteiger partial charge in [-0.2, -0.15) is 8.78 Å². The molecule has 2 heterocycles. The van der Waals surface area contributed by atoms with Crippen molar-refractivity contribution in [3.63, 3.8) is 0 Å². The van der Waals surface area contributed by atoms with E-state index in [-0.39, 0.29) is 10.8 Å². The van der Waals surface area contributed by atoms with Gasteiger partial charge in [-0.3, -0.25) is 0 Å². The van der Waals surface area contributed by atoms with Crippen molar-refractivity contribution in [3.05, 3.63) is 83.7 Å². The lowest BCUT2D eigenvalue weighted by molar-refractivity contribution is -0.275. The fourth-order valence-corrected chi connectivity index (χ4v) is 4.41. The molecular weight excluding hydrogens is 361 g/mol. The Morgan fingerprint density at radius 3 is 2.69 bits per heavy atom. The lowest BCUT2D eigenvalue weighted by atomic mass is 10.0. The first-order valence-electron chi connectivity index (χ1n) is 8.08. The number of alkyl halides is 2. The number of aromatic nitrogens is 2. The molecule has 0 bridgehead atoms. The molecule has 2 aromatic carbocycles. The van der Waals surface area contributed by atoms with Gasteiger partial charge in [0.1, 0.15) is 17.7 Å². The number of fused-ring (bicyclic) bond motifs is 1. The molecule has 4 rings (SSSR count). The Labute approximate surface area is 152 Å². The quantitative estimate of drug-likeness (QED) is 0.675. The first-order valence-corrected chi connectivity index (χ1v) is 8.96. The number of thioether (sulfide) groups is 1. The zero-order chi connectivity index (χ0) is 18.1. The molecule has 26 heavy (non-hydrogen) atoms. The molecule has 7 heteroatoms. The molecule has 134 valence electrons. The Hall–Kier alpha value is -2.25. The van der Waals surface area contributed by atoms with Gasteiger partial charge in [0.15, 0.2) is 0 Å². The molecule has 0 spiro atoms. The summed E-state index contributed by atoms with van der Waals surface area (Å²) in [5.41, 5.74) is 0.362. The van der Waals surface area contributed by atoms with Crippen molar-refractivity contribution in [2.75, 3.05) is 0 Å². The van der Waals surface area contributed by atoms with Crippen LogP contribution in [0.2, 0.25) is 0 Å². The van der Waals surface area contributed by atoms with E-state index in [0.717, 1.165) is 0 Å². The van der Waals surface area contributed by atoms with E-state index in [4.69, 9.17) is 4.74 Å². The summed E-state index contributed by atoms with van der Waals surface area (Å²) in [6.45, 7) is 0. The molecule has 3 nitrogen and oxygen atoms in total. The van der Waals surface area contributed by atoms with E-state index >= 15 is 0 Å². The number of H-pyrrole nitrogens is 1. The van der Waals surface area contributed by atoms with E-state index in [1.807, 2.05) is 0 Å². The standard InChI is InChI=1S/C19H15F3N2OS/c20-13-6-7-14-15(10-13)26-16(11-17-23-8-9-24-17)18(14)25-19(21,22)12-4-2-1-3-5-12/h1-10,16,18H,11H2,(H,23,24)/t16-,18-/m0/s1. The molecule has 2 atom stereocenters. The average Bonchev–Trinajstić information content (AvgIpc) is 3.24. The van der Waals surface area contributed by atoms with Crippen LogP contribution in [0, 0.1) is 5.82 Å². The third kappa shape index (κ3) is 3.37. The van der Waals surface area contributed by atoms with E-state index in [1.54, 1.807) is 30.6 Å². The normalized spacial score (nSPS) is 19.5. The maximum Gasteiger partial charge on any atom is 0.383 e. The van der Waals surface area contributed by atoms with E-state index in [9.17, 15) is 13.2 Å². The van der Waals surface area contributed by atoms with E-state index in [0.29, 0.717) is 22.7 Å². The third-order valence-electron chi connectivity index (χ3n) is 4.23. The van der Waals surface area contributed by atoms with E-state index < -0.39 is 18.0 Å². The van der Waals surface area contributed by atoms with Crippen LogP contribution in [0.5, 0.6) is 0 Å². The highest BCUT2D eigenvalue weighted by atomic mass is 32.2. The molecule has 0 aliphatic carbocycles. The van der Waals surface area contributed by atoms with Gasteiger partial charge in [-0.1, -0.05) is 36.4 Å². The maximum absolute atomic E-state index is 14.7. The lowest BCUT2D eigenvalue weighted by Gasteiger charge is -2.26. The number of hydrogen-bond donors (Lipinski definition) is 1. The summed E-state index contributed by atoms with van der Waals surface area (Å²) in [4.78, 5) is 7.76. The Morgan fingerprint density at radius 2 is 1.96 bits per heavy atom. The van der Waals surface area contributed by atoms with Crippen molar-refractivity contribution in [2.24, 2.45) is 0 Å². The molecule has 0 unspecified atom stereocenters. The first-order chi connectivity index (χ1) is 12.5. The molecule has 1 aromatic heterocycles. The van der Waals surface area contributed by atoms with Gasteiger partial charge in [0.2, 0.25) is 0 Å². The summed E-state index contributed by atoms with van der Waals surface area (Å²) in [5.74, 6) is 0.274. The number of halogens is 3. The highest BCUT2D eigenvalue weighted by Crippen LogP contribution is 2.50. The van der Waals surface area contributed by atoms with Crippen molar-refractivity contribution >= 4 is 11.8 Å². The van der Waals surface area contributed by atoms with Crippen molar-refractivity contribution in [3.8, 4) is 0 Å². The van der Waals surface area contributed by atoms with Crippen LogP contribution in [-0.4, -0.2) is 15.2 Å². The largest absolute Gasteiger partial charge is 0.383 e. The zero-order valence-corrected chi connectivity index (χ0v) is 14.3. The number of nitrogens with zero attached hydrogens (tertiary/aromatic N) is 1. The molecule has 0 amide bonds. The molecule has 0 saturated heterocycles. The van der Waals surface area contributed by atoms with Gasteiger partial charge in [-0.15, -0.1) is 11.8 Å². The Morgan fingerprint density at radius 1 is 1.15 bits per heavy atom. The van der Waals surface area contributed by atoms with Crippen LogP contribution in [0.1, 0.15) is 23.1 Å². The highest BCUT2D eigenvalue weighted by Gasteiger charge is 2.43. The summed E-state index contributed by atoms with van der Waals surface area (Å²) in [6, 6.07) is 11.6. The molecule has 1 N–H and O–H groups in total. The molecular formula is C19H15F3N2OS. The Kier molecular flexibility index (Phi) is 4.50. The lowest BCUT2D eigenvalue weighted by Crippen LogP contribution is -2.26. The minimum Gasteiger partial charge on any atom is -0.349 e. The summed E-state index contributed by atoms with van der Waals surface area (Å²) >= 11 is 1.33. The van der Waals surface area contributed by atoms with Gasteiger partial charge in [0.05, 0.1) is 5.56 Å². The molecule has 1 aliphatic heterocycles. The number of ether oxygens (including phenoxy) is 1. The van der Waals surface area contributed by atoms with Gasteiger partial charge >= 0.3 is 6.11 Å². The second-order valence-electron chi connectivity index (χ2n) is 6.00. The zero-order valence-electron chi connectivity index (χ0n) is 13.5. The van der Waals surface area contributed by atoms with Crippen LogP contribution in [0.4, 0.5) is 13.2 Å². The van der Waals surface area contributed by atoms with Gasteiger partial charge in [-0.05, 0) is 17.7 Å². The summed E-state index contributed by atoms with van der Waals surface area (Å²) in [5, 5.41) is -0.340. The number of hydrogen-bond acceptors (Lipinski definition) is 3. The Balaban J connectivity index is 1.65. The fourth-order valence-electron chi connectivity index (χ4n) is 3.02. The van der Waals surface area contributed by atoms with E-state index in [1.165, 1.54) is 42.1 Å². The minimum absolute atomic E-state index is 0.211. The monoisotopic (exact) mass is 376 g/mol. The second-order valence-corrected chi connectivity index (χ2v) is 7.28. The van der Waals surface area contributed by atoms with Crippen LogP contribution in [0.3, 0.4) is 0 Å². The predicted octanol–water partition coefficient (Wildman–Crippen LogP) is 5.07. The van der Waals surface area contributed by atoms with Gasteiger partial charge < -0.3 is 9.72 Å². The van der Waals surface area contributed by atoms with Crippen LogP contribution in [0.15, 0.2) is 65.8 Å². The van der Waals surface area contributed by atoms with Crippen LogP contribution in [0.25, 0.3) is 0 Å². The average molecular weight is 376 g/mol. The maximum atomic E-state index is 14.7. The van der Waals surface area contributed by atoms with Crippen molar-refractivity contribution < 1.29 is 17.9 Å². The van der Waals surface area contributed by atoms with Gasteiger partial charge in [-0.25, -0.2) is 9.37 Å². The topological polar surface area (TPSA) is 37.9 Å². The summed E-state index contributed by atoms with van der Waals surface area (Å²) in [6.07, 6.45) is -0.643. The van der Waals surface area contributed by atoms with E-state index in [2.05, 4.69) is 9.97 Å². The molecule has 0 radical (unpaired) electrons.